The summed E-state index contributed by atoms with van der Waals surface area (Å²) in [6, 6.07) is 43.2. The molecule has 1 nitrogen and oxygen atoms in total. The number of hydrogen-bond donors (Lipinski definition) is 0. The molecule has 0 aliphatic carbocycles. The van der Waals surface area contributed by atoms with Crippen molar-refractivity contribution < 1.29 is 4.57 Å². The molecule has 0 N–H and O–H groups in total. The van der Waals surface area contributed by atoms with E-state index in [1.54, 1.807) is 0 Å². The zero-order valence-corrected chi connectivity index (χ0v) is 18.4. The lowest BCUT2D eigenvalue weighted by Crippen LogP contribution is -2.26. The van der Waals surface area contributed by atoms with Gasteiger partial charge in [0.1, 0.15) is 0 Å². The summed E-state index contributed by atoms with van der Waals surface area (Å²) in [5, 5.41) is 9.29. The lowest BCUT2D eigenvalue weighted by Gasteiger charge is -2.24. The lowest BCUT2D eigenvalue weighted by atomic mass is 9.98. The molecule has 0 spiro atoms. The van der Waals surface area contributed by atoms with Crippen LogP contribution >= 0.6 is 7.14 Å². The Labute approximate surface area is 187 Å². The largest absolute Gasteiger partial charge is 0.309 e. The van der Waals surface area contributed by atoms with Crippen LogP contribution < -0.4 is 15.9 Å². The molecule has 152 valence electrons. The average Bonchev–Trinajstić information content (AvgIpc) is 2.88. The minimum absolute atomic E-state index is 0.858. The summed E-state index contributed by atoms with van der Waals surface area (Å²) in [7, 11) is -3.17. The molecule has 0 saturated heterocycles. The van der Waals surface area contributed by atoms with Gasteiger partial charge in [0.05, 0.1) is 0 Å². The standard InChI is InChI=1S/C30H21OP/c31-32(25-13-3-1-4-14-25,26-15-5-2-6-16-26)30-28-18-10-8-12-23(28)21-24-20-19-22-11-7-9-17-27(22)29(24)30/h1-21H. The molecule has 6 aromatic carbocycles. The van der Waals surface area contributed by atoms with Gasteiger partial charge in [0.2, 0.25) is 0 Å². The second kappa shape index (κ2) is 7.48. The maximum absolute atomic E-state index is 15.5. The highest BCUT2D eigenvalue weighted by atomic mass is 31.2. The molecule has 0 radical (unpaired) electrons. The third-order valence-electron chi connectivity index (χ3n) is 6.28. The Hall–Kier alpha value is -3.67. The van der Waals surface area contributed by atoms with E-state index in [1.165, 1.54) is 0 Å². The Morgan fingerprint density at radius 1 is 0.438 bits per heavy atom. The summed E-state index contributed by atoms with van der Waals surface area (Å²) >= 11 is 0. The van der Waals surface area contributed by atoms with Crippen molar-refractivity contribution in [2.45, 2.75) is 0 Å². The summed E-state index contributed by atoms with van der Waals surface area (Å²) in [4.78, 5) is 0. The van der Waals surface area contributed by atoms with Gasteiger partial charge in [0.25, 0.3) is 0 Å². The quantitative estimate of drug-likeness (QED) is 0.172. The lowest BCUT2D eigenvalue weighted by molar-refractivity contribution is 0.593. The van der Waals surface area contributed by atoms with Crippen LogP contribution in [0.15, 0.2) is 127 Å². The van der Waals surface area contributed by atoms with Gasteiger partial charge in [-0.05, 0) is 33.0 Å². The van der Waals surface area contributed by atoms with Crippen molar-refractivity contribution in [2.24, 2.45) is 0 Å². The molecule has 32 heavy (non-hydrogen) atoms. The van der Waals surface area contributed by atoms with E-state index in [0.717, 1.165) is 48.2 Å². The topological polar surface area (TPSA) is 17.1 Å². The fraction of sp³-hybridized carbons (Fsp3) is 0. The van der Waals surface area contributed by atoms with Crippen LogP contribution in [0, 0.1) is 0 Å². The van der Waals surface area contributed by atoms with Crippen LogP contribution in [0.25, 0.3) is 32.3 Å². The summed E-state index contributed by atoms with van der Waals surface area (Å²) in [6.45, 7) is 0. The predicted octanol–water partition coefficient (Wildman–Crippen LogP) is 6.79. The maximum Gasteiger partial charge on any atom is 0.172 e. The normalized spacial score (nSPS) is 11.9. The number of fused-ring (bicyclic) bond motifs is 4. The predicted molar refractivity (Wildman–Crippen MR) is 138 cm³/mol. The molecular formula is C30H21OP. The van der Waals surface area contributed by atoms with Gasteiger partial charge >= 0.3 is 0 Å². The van der Waals surface area contributed by atoms with Crippen LogP contribution in [0.2, 0.25) is 0 Å². The fourth-order valence-electron chi connectivity index (χ4n) is 4.82. The van der Waals surface area contributed by atoms with Crippen LogP contribution in [0.4, 0.5) is 0 Å². The smallest absolute Gasteiger partial charge is 0.172 e. The van der Waals surface area contributed by atoms with Crippen LogP contribution in [0.1, 0.15) is 0 Å². The van der Waals surface area contributed by atoms with E-state index >= 15 is 4.57 Å². The number of rotatable bonds is 3. The molecule has 0 saturated carbocycles. The van der Waals surface area contributed by atoms with E-state index in [1.807, 2.05) is 66.7 Å². The van der Waals surface area contributed by atoms with E-state index < -0.39 is 7.14 Å². The highest BCUT2D eigenvalue weighted by molar-refractivity contribution is 7.86. The van der Waals surface area contributed by atoms with Crippen molar-refractivity contribution in [3.05, 3.63) is 127 Å². The van der Waals surface area contributed by atoms with Crippen molar-refractivity contribution in [1.29, 1.82) is 0 Å². The first-order valence-corrected chi connectivity index (χ1v) is 12.5. The van der Waals surface area contributed by atoms with Crippen LogP contribution in [-0.2, 0) is 4.57 Å². The summed E-state index contributed by atoms with van der Waals surface area (Å²) < 4.78 is 15.5. The molecule has 0 atom stereocenters. The molecule has 0 amide bonds. The van der Waals surface area contributed by atoms with Crippen molar-refractivity contribution in [2.75, 3.05) is 0 Å². The van der Waals surface area contributed by atoms with E-state index in [9.17, 15) is 0 Å². The molecule has 0 unspecified atom stereocenters. The number of hydrogen-bond acceptors (Lipinski definition) is 1. The zero-order valence-electron chi connectivity index (χ0n) is 17.5. The Bertz CT molecular complexity index is 1590. The van der Waals surface area contributed by atoms with E-state index in [-0.39, 0.29) is 0 Å². The van der Waals surface area contributed by atoms with E-state index in [4.69, 9.17) is 0 Å². The summed E-state index contributed by atoms with van der Waals surface area (Å²) in [6.07, 6.45) is 0. The third kappa shape index (κ3) is 2.83. The molecular weight excluding hydrogens is 407 g/mol. The third-order valence-corrected chi connectivity index (χ3v) is 9.42. The van der Waals surface area contributed by atoms with Crippen molar-refractivity contribution in [1.82, 2.24) is 0 Å². The van der Waals surface area contributed by atoms with Gasteiger partial charge in [-0.3, -0.25) is 0 Å². The van der Waals surface area contributed by atoms with Gasteiger partial charge < -0.3 is 4.57 Å². The van der Waals surface area contributed by atoms with Crippen LogP contribution in [0.5, 0.6) is 0 Å². The first-order valence-electron chi connectivity index (χ1n) is 10.8. The Morgan fingerprint density at radius 2 is 0.938 bits per heavy atom. The highest BCUT2D eigenvalue weighted by Crippen LogP contribution is 2.47. The second-order valence-electron chi connectivity index (χ2n) is 8.11. The Morgan fingerprint density at radius 3 is 1.59 bits per heavy atom. The van der Waals surface area contributed by atoms with Gasteiger partial charge in [-0.25, -0.2) is 0 Å². The Balaban J connectivity index is 1.90. The van der Waals surface area contributed by atoms with E-state index in [2.05, 4.69) is 60.7 Å². The minimum Gasteiger partial charge on any atom is -0.309 e. The summed E-state index contributed by atoms with van der Waals surface area (Å²) in [5.74, 6) is 0. The number of benzene rings is 6. The first-order chi connectivity index (χ1) is 15.8. The van der Waals surface area contributed by atoms with Crippen molar-refractivity contribution >= 4 is 55.4 Å². The molecule has 2 heteroatoms. The molecule has 6 aromatic rings. The van der Waals surface area contributed by atoms with Crippen molar-refractivity contribution in [3.8, 4) is 0 Å². The molecule has 0 bridgehead atoms. The average molecular weight is 428 g/mol. The van der Waals surface area contributed by atoms with Crippen molar-refractivity contribution in [3.63, 3.8) is 0 Å². The van der Waals surface area contributed by atoms with Crippen LogP contribution in [-0.4, -0.2) is 0 Å². The molecule has 6 rings (SSSR count). The monoisotopic (exact) mass is 428 g/mol. The van der Waals surface area contributed by atoms with E-state index in [0.29, 0.717) is 0 Å². The van der Waals surface area contributed by atoms with Gasteiger partial charge in [0, 0.05) is 21.3 Å². The van der Waals surface area contributed by atoms with Gasteiger partial charge in [0.15, 0.2) is 7.14 Å². The zero-order chi connectivity index (χ0) is 21.5. The maximum atomic E-state index is 15.5. The van der Waals surface area contributed by atoms with Gasteiger partial charge in [-0.1, -0.05) is 121 Å². The second-order valence-corrected chi connectivity index (χ2v) is 10.8. The van der Waals surface area contributed by atoms with Gasteiger partial charge in [-0.2, -0.15) is 0 Å². The highest BCUT2D eigenvalue weighted by Gasteiger charge is 2.33. The minimum atomic E-state index is -3.17. The first kappa shape index (κ1) is 19.0. The van der Waals surface area contributed by atoms with Gasteiger partial charge in [-0.15, -0.1) is 0 Å². The fourth-order valence-corrected chi connectivity index (χ4v) is 7.93. The molecule has 0 aromatic heterocycles. The molecule has 0 heterocycles. The Kier molecular flexibility index (Phi) is 4.45. The van der Waals surface area contributed by atoms with Crippen LogP contribution in [0.3, 0.4) is 0 Å². The summed E-state index contributed by atoms with van der Waals surface area (Å²) in [5.41, 5.74) is 0. The molecule has 0 fully saturated rings. The SMILES string of the molecule is O=P(c1ccccc1)(c1ccccc1)c1c2ccccc2cc2ccc3ccccc3c12. The molecule has 0 aliphatic rings. The molecule has 0 aliphatic heterocycles.